The van der Waals surface area contributed by atoms with Crippen LogP contribution in [0, 0.1) is 5.82 Å². The van der Waals surface area contributed by atoms with Gasteiger partial charge in [-0.15, -0.1) is 0 Å². The summed E-state index contributed by atoms with van der Waals surface area (Å²) >= 11 is 0. The first-order valence-electron chi connectivity index (χ1n) is 5.63. The Kier molecular flexibility index (Phi) is 2.51. The molecule has 17 heavy (non-hydrogen) atoms. The summed E-state index contributed by atoms with van der Waals surface area (Å²) in [5.41, 5.74) is 0.970. The van der Waals surface area contributed by atoms with Crippen LogP contribution in [-0.4, -0.2) is 10.1 Å². The Morgan fingerprint density at radius 2 is 2.06 bits per heavy atom. The van der Waals surface area contributed by atoms with Crippen LogP contribution in [0.3, 0.4) is 0 Å². The van der Waals surface area contributed by atoms with Crippen LogP contribution in [0.5, 0.6) is 0 Å². The predicted octanol–water partition coefficient (Wildman–Crippen LogP) is 2.70. The van der Waals surface area contributed by atoms with Crippen LogP contribution in [0.1, 0.15) is 30.1 Å². The summed E-state index contributed by atoms with van der Waals surface area (Å²) in [5, 5.41) is 6.92. The van der Waals surface area contributed by atoms with E-state index in [0.717, 1.165) is 24.2 Å². The average molecular weight is 233 g/mol. The molecule has 1 saturated carbocycles. The lowest BCUT2D eigenvalue weighted by Crippen LogP contribution is -1.99. The molecule has 1 aliphatic rings. The van der Waals surface area contributed by atoms with Gasteiger partial charge in [-0.1, -0.05) is 17.3 Å². The van der Waals surface area contributed by atoms with E-state index >= 15 is 0 Å². The van der Waals surface area contributed by atoms with Crippen LogP contribution in [-0.2, 0) is 6.54 Å². The molecule has 3 rings (SSSR count). The largest absolute Gasteiger partial charge is 0.334 e. The molecule has 4 nitrogen and oxygen atoms in total. The molecule has 5 heteroatoms. The molecule has 0 amide bonds. The molecular weight excluding hydrogens is 221 g/mol. The number of aromatic nitrogens is 2. The van der Waals surface area contributed by atoms with Crippen molar-refractivity contribution in [2.45, 2.75) is 25.3 Å². The highest BCUT2D eigenvalue weighted by molar-refractivity contribution is 5.25. The molecule has 1 aliphatic carbocycles. The third-order valence-corrected chi connectivity index (χ3v) is 2.74. The zero-order chi connectivity index (χ0) is 11.7. The first-order valence-corrected chi connectivity index (χ1v) is 5.63. The standard InChI is InChI=1S/C12H12FN3O/c13-10-5-1-8(2-6-10)7-14-12-15-11(16-17-12)9-3-4-9/h1-2,5-6,9H,3-4,7H2,(H,14,15,16). The number of nitrogens with one attached hydrogen (secondary N) is 1. The molecule has 0 saturated heterocycles. The van der Waals surface area contributed by atoms with Crippen molar-refractivity contribution in [1.82, 2.24) is 10.1 Å². The number of halogens is 1. The Morgan fingerprint density at radius 3 is 2.76 bits per heavy atom. The lowest BCUT2D eigenvalue weighted by molar-refractivity contribution is 0.422. The predicted molar refractivity (Wildman–Crippen MR) is 60.0 cm³/mol. The summed E-state index contributed by atoms with van der Waals surface area (Å²) in [6.45, 7) is 0.548. The highest BCUT2D eigenvalue weighted by atomic mass is 19.1. The SMILES string of the molecule is Fc1ccc(CNc2nc(C3CC3)no2)cc1. The molecule has 1 aromatic heterocycles. The van der Waals surface area contributed by atoms with E-state index in [9.17, 15) is 4.39 Å². The Bertz CT molecular complexity index is 505. The van der Waals surface area contributed by atoms with E-state index in [2.05, 4.69) is 15.5 Å². The smallest absolute Gasteiger partial charge is 0.321 e. The van der Waals surface area contributed by atoms with E-state index in [-0.39, 0.29) is 5.82 Å². The van der Waals surface area contributed by atoms with E-state index < -0.39 is 0 Å². The molecule has 0 spiro atoms. The molecular formula is C12H12FN3O. The molecule has 0 atom stereocenters. The monoisotopic (exact) mass is 233 g/mol. The second-order valence-electron chi connectivity index (χ2n) is 4.21. The van der Waals surface area contributed by atoms with Crippen molar-refractivity contribution in [3.63, 3.8) is 0 Å². The van der Waals surface area contributed by atoms with Gasteiger partial charge in [0, 0.05) is 12.5 Å². The fourth-order valence-electron chi connectivity index (χ4n) is 1.59. The fourth-order valence-corrected chi connectivity index (χ4v) is 1.59. The highest BCUT2D eigenvalue weighted by Gasteiger charge is 2.28. The molecule has 0 aliphatic heterocycles. The first-order chi connectivity index (χ1) is 8.31. The Morgan fingerprint density at radius 1 is 1.29 bits per heavy atom. The molecule has 0 radical (unpaired) electrons. The van der Waals surface area contributed by atoms with Crippen molar-refractivity contribution >= 4 is 6.01 Å². The minimum Gasteiger partial charge on any atom is -0.334 e. The molecule has 1 N–H and O–H groups in total. The van der Waals surface area contributed by atoms with Gasteiger partial charge in [0.2, 0.25) is 0 Å². The van der Waals surface area contributed by atoms with E-state index in [0.29, 0.717) is 18.5 Å². The quantitative estimate of drug-likeness (QED) is 0.882. The van der Waals surface area contributed by atoms with Gasteiger partial charge in [0.15, 0.2) is 5.82 Å². The molecule has 88 valence electrons. The summed E-state index contributed by atoms with van der Waals surface area (Å²) in [6.07, 6.45) is 2.30. The number of anilines is 1. The van der Waals surface area contributed by atoms with Gasteiger partial charge in [0.05, 0.1) is 0 Å². The van der Waals surface area contributed by atoms with Crippen LogP contribution in [0.25, 0.3) is 0 Å². The van der Waals surface area contributed by atoms with Crippen LogP contribution < -0.4 is 5.32 Å². The van der Waals surface area contributed by atoms with E-state index in [1.54, 1.807) is 12.1 Å². The summed E-state index contributed by atoms with van der Waals surface area (Å²) in [5.74, 6) is 1.04. The summed E-state index contributed by atoms with van der Waals surface area (Å²) < 4.78 is 17.8. The maximum Gasteiger partial charge on any atom is 0.321 e. The van der Waals surface area contributed by atoms with E-state index in [1.807, 2.05) is 0 Å². The van der Waals surface area contributed by atoms with Gasteiger partial charge in [-0.25, -0.2) is 4.39 Å². The second kappa shape index (κ2) is 4.16. The summed E-state index contributed by atoms with van der Waals surface area (Å²) in [4.78, 5) is 4.24. The van der Waals surface area contributed by atoms with Crippen LogP contribution >= 0.6 is 0 Å². The molecule has 1 fully saturated rings. The fraction of sp³-hybridized carbons (Fsp3) is 0.333. The molecule has 0 bridgehead atoms. The first kappa shape index (κ1) is 10.3. The minimum atomic E-state index is -0.234. The molecule has 0 unspecified atom stereocenters. The second-order valence-corrected chi connectivity index (χ2v) is 4.21. The maximum absolute atomic E-state index is 12.7. The molecule has 1 heterocycles. The van der Waals surface area contributed by atoms with Gasteiger partial charge in [0.25, 0.3) is 0 Å². The van der Waals surface area contributed by atoms with E-state index in [4.69, 9.17) is 4.52 Å². The topological polar surface area (TPSA) is 51.0 Å². The van der Waals surface area contributed by atoms with Crippen molar-refractivity contribution in [2.24, 2.45) is 0 Å². The van der Waals surface area contributed by atoms with Crippen LogP contribution in [0.2, 0.25) is 0 Å². The normalized spacial score (nSPS) is 14.9. The molecule has 2 aromatic rings. The number of benzene rings is 1. The van der Waals surface area contributed by atoms with Crippen molar-refractivity contribution in [2.75, 3.05) is 5.32 Å². The summed E-state index contributed by atoms with van der Waals surface area (Å²) in [7, 11) is 0. The average Bonchev–Trinajstić information content (AvgIpc) is 3.09. The summed E-state index contributed by atoms with van der Waals surface area (Å²) in [6, 6.07) is 6.73. The van der Waals surface area contributed by atoms with Gasteiger partial charge in [-0.3, -0.25) is 0 Å². The molecule has 1 aromatic carbocycles. The van der Waals surface area contributed by atoms with Gasteiger partial charge in [0.1, 0.15) is 5.82 Å². The van der Waals surface area contributed by atoms with Gasteiger partial charge < -0.3 is 9.84 Å². The van der Waals surface area contributed by atoms with Crippen molar-refractivity contribution in [1.29, 1.82) is 0 Å². The zero-order valence-electron chi connectivity index (χ0n) is 9.19. The minimum absolute atomic E-state index is 0.234. The van der Waals surface area contributed by atoms with Crippen molar-refractivity contribution in [3.05, 3.63) is 41.5 Å². The number of nitrogens with zero attached hydrogens (tertiary/aromatic N) is 2. The van der Waals surface area contributed by atoms with Gasteiger partial charge in [-0.05, 0) is 30.5 Å². The third kappa shape index (κ3) is 2.43. The third-order valence-electron chi connectivity index (χ3n) is 2.74. The van der Waals surface area contributed by atoms with Crippen LogP contribution in [0.15, 0.2) is 28.8 Å². The number of hydrogen-bond acceptors (Lipinski definition) is 4. The number of hydrogen-bond donors (Lipinski definition) is 1. The highest BCUT2D eigenvalue weighted by Crippen LogP contribution is 2.38. The van der Waals surface area contributed by atoms with Gasteiger partial charge in [-0.2, -0.15) is 4.98 Å². The van der Waals surface area contributed by atoms with Crippen molar-refractivity contribution < 1.29 is 8.91 Å². The van der Waals surface area contributed by atoms with Gasteiger partial charge >= 0.3 is 6.01 Å². The van der Waals surface area contributed by atoms with Crippen LogP contribution in [0.4, 0.5) is 10.4 Å². The Labute approximate surface area is 97.8 Å². The van der Waals surface area contributed by atoms with Crippen molar-refractivity contribution in [3.8, 4) is 0 Å². The lowest BCUT2D eigenvalue weighted by atomic mass is 10.2. The maximum atomic E-state index is 12.7. The Hall–Kier alpha value is -1.91. The Balaban J connectivity index is 1.60. The van der Waals surface area contributed by atoms with E-state index in [1.165, 1.54) is 12.1 Å². The zero-order valence-corrected chi connectivity index (χ0v) is 9.19. The number of rotatable bonds is 4. The lowest BCUT2D eigenvalue weighted by Gasteiger charge is -2.00.